The zero-order chi connectivity index (χ0) is 16.2. The van der Waals surface area contributed by atoms with Gasteiger partial charge in [-0.05, 0) is 71.8 Å². The average Bonchev–Trinajstić information content (AvgIpc) is 2.50. The second-order valence-corrected chi connectivity index (χ2v) is 6.82. The molecule has 0 aliphatic rings. The van der Waals surface area contributed by atoms with E-state index in [4.69, 9.17) is 9.47 Å². The molecule has 0 saturated carbocycles. The van der Waals surface area contributed by atoms with Gasteiger partial charge in [0.1, 0.15) is 11.5 Å². The highest BCUT2D eigenvalue weighted by molar-refractivity contribution is 14.1. The topological polar surface area (TPSA) is 18.5 Å². The molecule has 0 N–H and O–H groups in total. The normalized spacial score (nSPS) is 11.3. The van der Waals surface area contributed by atoms with Gasteiger partial charge in [-0.3, -0.25) is 0 Å². The molecule has 2 rings (SSSR count). The highest BCUT2D eigenvalue weighted by atomic mass is 127. The van der Waals surface area contributed by atoms with Gasteiger partial charge in [-0.15, -0.1) is 0 Å². The second kappa shape index (κ2) is 7.36. The Morgan fingerprint density at radius 1 is 0.864 bits per heavy atom. The first-order valence-electron chi connectivity index (χ1n) is 7.65. The van der Waals surface area contributed by atoms with Crippen molar-refractivity contribution in [3.8, 4) is 11.5 Å². The van der Waals surface area contributed by atoms with Crippen molar-refractivity contribution < 1.29 is 9.47 Å². The van der Waals surface area contributed by atoms with E-state index in [1.165, 1.54) is 11.1 Å². The molecule has 118 valence electrons. The van der Waals surface area contributed by atoms with Crippen LogP contribution in [0.4, 0.5) is 0 Å². The standard InChI is InChI=1S/C19H23IO2/c1-5-21-16-10-7-14(8-11-16)19(3,4)15-9-12-18(22-6-2)17(20)13-15/h7-13H,5-6H2,1-4H3. The molecule has 0 spiro atoms. The zero-order valence-electron chi connectivity index (χ0n) is 13.7. The molecule has 0 saturated heterocycles. The molecule has 0 amide bonds. The number of hydrogen-bond donors (Lipinski definition) is 0. The fourth-order valence-corrected chi connectivity index (χ4v) is 3.13. The van der Waals surface area contributed by atoms with Crippen LogP contribution in [-0.4, -0.2) is 13.2 Å². The minimum absolute atomic E-state index is 0.0601. The molecule has 22 heavy (non-hydrogen) atoms. The van der Waals surface area contributed by atoms with Crippen LogP contribution in [0.1, 0.15) is 38.8 Å². The van der Waals surface area contributed by atoms with Crippen LogP contribution >= 0.6 is 22.6 Å². The van der Waals surface area contributed by atoms with Gasteiger partial charge in [0.2, 0.25) is 0 Å². The van der Waals surface area contributed by atoms with E-state index >= 15 is 0 Å². The summed E-state index contributed by atoms with van der Waals surface area (Å²) in [7, 11) is 0. The largest absolute Gasteiger partial charge is 0.494 e. The lowest BCUT2D eigenvalue weighted by molar-refractivity contribution is 0.337. The molecule has 0 bridgehead atoms. The molecular formula is C19H23IO2. The van der Waals surface area contributed by atoms with Gasteiger partial charge in [-0.25, -0.2) is 0 Å². The molecular weight excluding hydrogens is 387 g/mol. The molecule has 3 heteroatoms. The van der Waals surface area contributed by atoms with E-state index in [1.54, 1.807) is 0 Å². The monoisotopic (exact) mass is 410 g/mol. The average molecular weight is 410 g/mol. The van der Waals surface area contributed by atoms with E-state index < -0.39 is 0 Å². The van der Waals surface area contributed by atoms with E-state index in [1.807, 2.05) is 26.0 Å². The Labute approximate surface area is 147 Å². The van der Waals surface area contributed by atoms with Crippen molar-refractivity contribution in [3.05, 3.63) is 57.2 Å². The van der Waals surface area contributed by atoms with Gasteiger partial charge in [0.25, 0.3) is 0 Å². The van der Waals surface area contributed by atoms with Gasteiger partial charge < -0.3 is 9.47 Å². The Bertz CT molecular complexity index is 618. The van der Waals surface area contributed by atoms with Crippen molar-refractivity contribution >= 4 is 22.6 Å². The maximum atomic E-state index is 5.63. The molecule has 0 aromatic heterocycles. The van der Waals surface area contributed by atoms with Crippen LogP contribution in [0.15, 0.2) is 42.5 Å². The quantitative estimate of drug-likeness (QED) is 0.593. The van der Waals surface area contributed by atoms with Crippen LogP contribution in [-0.2, 0) is 5.41 Å². The SMILES string of the molecule is CCOc1ccc(C(C)(C)c2ccc(OCC)c(I)c2)cc1. The van der Waals surface area contributed by atoms with Crippen LogP contribution in [0.3, 0.4) is 0 Å². The van der Waals surface area contributed by atoms with Gasteiger partial charge in [0, 0.05) is 5.41 Å². The van der Waals surface area contributed by atoms with E-state index in [0.717, 1.165) is 15.1 Å². The molecule has 0 aliphatic heterocycles. The first-order chi connectivity index (χ1) is 10.5. The van der Waals surface area contributed by atoms with E-state index in [-0.39, 0.29) is 5.41 Å². The molecule has 2 aromatic rings. The van der Waals surface area contributed by atoms with E-state index in [9.17, 15) is 0 Å². The number of ether oxygens (including phenoxy) is 2. The van der Waals surface area contributed by atoms with Crippen LogP contribution in [0.25, 0.3) is 0 Å². The fourth-order valence-electron chi connectivity index (χ4n) is 2.46. The molecule has 2 aromatic carbocycles. The van der Waals surface area contributed by atoms with E-state index in [2.05, 4.69) is 66.8 Å². The molecule has 0 heterocycles. The maximum absolute atomic E-state index is 5.63. The minimum Gasteiger partial charge on any atom is -0.494 e. The smallest absolute Gasteiger partial charge is 0.132 e. The maximum Gasteiger partial charge on any atom is 0.132 e. The van der Waals surface area contributed by atoms with Crippen LogP contribution < -0.4 is 9.47 Å². The lowest BCUT2D eigenvalue weighted by Gasteiger charge is -2.27. The number of benzene rings is 2. The lowest BCUT2D eigenvalue weighted by Crippen LogP contribution is -2.19. The summed E-state index contributed by atoms with van der Waals surface area (Å²) in [5, 5.41) is 0. The Morgan fingerprint density at radius 2 is 1.45 bits per heavy atom. The van der Waals surface area contributed by atoms with Crippen molar-refractivity contribution in [1.82, 2.24) is 0 Å². The highest BCUT2D eigenvalue weighted by Gasteiger charge is 2.24. The van der Waals surface area contributed by atoms with Gasteiger partial charge in [-0.2, -0.15) is 0 Å². The molecule has 2 nitrogen and oxygen atoms in total. The third-order valence-electron chi connectivity index (χ3n) is 3.84. The first kappa shape index (κ1) is 17.1. The Morgan fingerprint density at radius 3 is 2.00 bits per heavy atom. The minimum atomic E-state index is -0.0601. The summed E-state index contributed by atoms with van der Waals surface area (Å²) in [4.78, 5) is 0. The molecule has 0 atom stereocenters. The molecule has 0 unspecified atom stereocenters. The fraction of sp³-hybridized carbons (Fsp3) is 0.368. The van der Waals surface area contributed by atoms with Crippen LogP contribution in [0.5, 0.6) is 11.5 Å². The number of hydrogen-bond acceptors (Lipinski definition) is 2. The summed E-state index contributed by atoms with van der Waals surface area (Å²) in [5.74, 6) is 1.87. The van der Waals surface area contributed by atoms with Gasteiger partial charge in [0.05, 0.1) is 16.8 Å². The van der Waals surface area contributed by atoms with Gasteiger partial charge >= 0.3 is 0 Å². The Hall–Kier alpha value is -1.23. The lowest BCUT2D eigenvalue weighted by atomic mass is 9.78. The van der Waals surface area contributed by atoms with Gasteiger partial charge in [-0.1, -0.05) is 32.0 Å². The Balaban J connectivity index is 2.30. The summed E-state index contributed by atoms with van der Waals surface area (Å²) in [6.45, 7) is 9.88. The highest BCUT2D eigenvalue weighted by Crippen LogP contribution is 2.35. The van der Waals surface area contributed by atoms with Gasteiger partial charge in [0.15, 0.2) is 0 Å². The van der Waals surface area contributed by atoms with Crippen LogP contribution in [0.2, 0.25) is 0 Å². The third kappa shape index (κ3) is 3.75. The van der Waals surface area contributed by atoms with E-state index in [0.29, 0.717) is 13.2 Å². The molecule has 0 aliphatic carbocycles. The second-order valence-electron chi connectivity index (χ2n) is 5.66. The summed E-state index contributed by atoms with van der Waals surface area (Å²) in [5.41, 5.74) is 2.50. The summed E-state index contributed by atoms with van der Waals surface area (Å²) >= 11 is 2.34. The Kier molecular flexibility index (Phi) is 5.73. The summed E-state index contributed by atoms with van der Waals surface area (Å²) in [6.07, 6.45) is 0. The predicted octanol–water partition coefficient (Wildman–Crippen LogP) is 5.41. The third-order valence-corrected chi connectivity index (χ3v) is 4.68. The van der Waals surface area contributed by atoms with Crippen LogP contribution in [0, 0.1) is 3.57 Å². The summed E-state index contributed by atoms with van der Waals surface area (Å²) < 4.78 is 12.3. The first-order valence-corrected chi connectivity index (χ1v) is 8.73. The van der Waals surface area contributed by atoms with Crippen molar-refractivity contribution in [2.75, 3.05) is 13.2 Å². The number of halogens is 1. The van der Waals surface area contributed by atoms with Crippen molar-refractivity contribution in [3.63, 3.8) is 0 Å². The molecule has 0 radical (unpaired) electrons. The number of rotatable bonds is 6. The molecule has 0 fully saturated rings. The van der Waals surface area contributed by atoms with Crippen molar-refractivity contribution in [2.24, 2.45) is 0 Å². The van der Waals surface area contributed by atoms with Crippen molar-refractivity contribution in [1.29, 1.82) is 0 Å². The van der Waals surface area contributed by atoms with Crippen molar-refractivity contribution in [2.45, 2.75) is 33.1 Å². The predicted molar refractivity (Wildman–Crippen MR) is 100 cm³/mol. The summed E-state index contributed by atoms with van der Waals surface area (Å²) in [6, 6.07) is 14.8. The zero-order valence-corrected chi connectivity index (χ0v) is 15.8.